The molecule has 2 N–H and O–H groups in total. The van der Waals surface area contributed by atoms with Crippen molar-refractivity contribution in [3.05, 3.63) is 41.2 Å². The van der Waals surface area contributed by atoms with Crippen LogP contribution in [-0.2, 0) is 6.54 Å². The summed E-state index contributed by atoms with van der Waals surface area (Å²) in [6.45, 7) is 5.38. The molecule has 0 bridgehead atoms. The van der Waals surface area contributed by atoms with E-state index in [1.807, 2.05) is 36.1 Å². The Labute approximate surface area is 145 Å². The summed E-state index contributed by atoms with van der Waals surface area (Å²) in [5, 5.41) is 0.942. The standard InChI is InChI=1S/C15H19N5OS.ClH/c1-11-17-15(22-18-11)20-8-6-19(7-9-20)14(21)13-4-2-12(10-16)3-5-13;/h2-5H,6-10,16H2,1H3;1H. The van der Waals surface area contributed by atoms with Gasteiger partial charge >= 0.3 is 0 Å². The molecule has 0 radical (unpaired) electrons. The Bertz CT molecular complexity index is 652. The van der Waals surface area contributed by atoms with Crippen LogP contribution >= 0.6 is 23.9 Å². The number of hydrogen-bond donors (Lipinski definition) is 1. The summed E-state index contributed by atoms with van der Waals surface area (Å²) in [6, 6.07) is 7.52. The first-order valence-corrected chi connectivity index (χ1v) is 8.08. The van der Waals surface area contributed by atoms with E-state index in [0.717, 1.165) is 35.2 Å². The van der Waals surface area contributed by atoms with Crippen LogP contribution in [0.1, 0.15) is 21.7 Å². The molecular weight excluding hydrogens is 334 g/mol. The molecule has 1 aliphatic heterocycles. The lowest BCUT2D eigenvalue weighted by Gasteiger charge is -2.34. The van der Waals surface area contributed by atoms with Gasteiger partial charge in [-0.3, -0.25) is 4.79 Å². The van der Waals surface area contributed by atoms with Gasteiger partial charge in [0.1, 0.15) is 5.82 Å². The van der Waals surface area contributed by atoms with Crippen molar-refractivity contribution in [2.75, 3.05) is 31.1 Å². The molecule has 0 spiro atoms. The Morgan fingerprint density at radius 3 is 2.39 bits per heavy atom. The summed E-state index contributed by atoms with van der Waals surface area (Å²) in [5.74, 6) is 0.884. The van der Waals surface area contributed by atoms with Gasteiger partial charge < -0.3 is 15.5 Å². The van der Waals surface area contributed by atoms with Crippen molar-refractivity contribution < 1.29 is 4.79 Å². The van der Waals surface area contributed by atoms with Gasteiger partial charge in [-0.25, -0.2) is 4.98 Å². The van der Waals surface area contributed by atoms with Crippen LogP contribution in [0.4, 0.5) is 5.13 Å². The summed E-state index contributed by atoms with van der Waals surface area (Å²) in [5.41, 5.74) is 7.34. The van der Waals surface area contributed by atoms with E-state index in [9.17, 15) is 4.79 Å². The number of carbonyl (C=O) groups excluding carboxylic acids is 1. The molecule has 2 aromatic rings. The number of aryl methyl sites for hydroxylation is 1. The number of hydrogen-bond acceptors (Lipinski definition) is 6. The lowest BCUT2D eigenvalue weighted by Crippen LogP contribution is -2.48. The first kappa shape index (κ1) is 17.7. The van der Waals surface area contributed by atoms with Gasteiger partial charge in [0.25, 0.3) is 5.91 Å². The number of aromatic nitrogens is 2. The zero-order chi connectivity index (χ0) is 15.5. The number of nitrogens with zero attached hydrogens (tertiary/aromatic N) is 4. The molecule has 1 saturated heterocycles. The smallest absolute Gasteiger partial charge is 0.253 e. The zero-order valence-corrected chi connectivity index (χ0v) is 14.6. The molecule has 0 saturated carbocycles. The Hall–Kier alpha value is -1.70. The molecule has 6 nitrogen and oxygen atoms in total. The Morgan fingerprint density at radius 1 is 1.22 bits per heavy atom. The minimum atomic E-state index is 0. The lowest BCUT2D eigenvalue weighted by atomic mass is 10.1. The average Bonchev–Trinajstić information content (AvgIpc) is 3.01. The van der Waals surface area contributed by atoms with Crippen molar-refractivity contribution >= 4 is 35.0 Å². The third-order valence-corrected chi connectivity index (χ3v) is 4.66. The highest BCUT2D eigenvalue weighted by molar-refractivity contribution is 7.09. The molecule has 1 amide bonds. The molecule has 1 aromatic heterocycles. The normalized spacial score (nSPS) is 14.5. The summed E-state index contributed by atoms with van der Waals surface area (Å²) in [7, 11) is 0. The van der Waals surface area contributed by atoms with Gasteiger partial charge in [-0.05, 0) is 24.6 Å². The molecule has 2 heterocycles. The number of benzene rings is 1. The van der Waals surface area contributed by atoms with Crippen LogP contribution in [0.3, 0.4) is 0 Å². The third-order valence-electron chi connectivity index (χ3n) is 3.79. The van der Waals surface area contributed by atoms with Gasteiger partial charge in [-0.1, -0.05) is 12.1 Å². The molecule has 3 rings (SSSR count). The van der Waals surface area contributed by atoms with Crippen molar-refractivity contribution in [2.24, 2.45) is 5.73 Å². The van der Waals surface area contributed by atoms with Crippen LogP contribution in [0.5, 0.6) is 0 Å². The maximum atomic E-state index is 12.5. The number of nitrogens with two attached hydrogens (primary N) is 1. The number of rotatable bonds is 3. The molecule has 1 fully saturated rings. The highest BCUT2D eigenvalue weighted by atomic mass is 35.5. The summed E-state index contributed by atoms with van der Waals surface area (Å²) >= 11 is 1.42. The minimum absolute atomic E-state index is 0. The maximum Gasteiger partial charge on any atom is 0.253 e. The Balaban J connectivity index is 0.00000192. The molecule has 1 aliphatic rings. The maximum absolute atomic E-state index is 12.5. The molecule has 0 unspecified atom stereocenters. The average molecular weight is 354 g/mol. The zero-order valence-electron chi connectivity index (χ0n) is 12.9. The fraction of sp³-hybridized carbons (Fsp3) is 0.400. The number of anilines is 1. The van der Waals surface area contributed by atoms with Gasteiger partial charge in [-0.15, -0.1) is 12.4 Å². The van der Waals surface area contributed by atoms with E-state index in [0.29, 0.717) is 19.6 Å². The van der Waals surface area contributed by atoms with Crippen molar-refractivity contribution in [2.45, 2.75) is 13.5 Å². The van der Waals surface area contributed by atoms with Gasteiger partial charge in [0.05, 0.1) is 0 Å². The quantitative estimate of drug-likeness (QED) is 0.908. The van der Waals surface area contributed by atoms with Crippen molar-refractivity contribution in [1.82, 2.24) is 14.3 Å². The van der Waals surface area contributed by atoms with Gasteiger partial charge in [0, 0.05) is 49.8 Å². The van der Waals surface area contributed by atoms with Crippen molar-refractivity contribution in [1.29, 1.82) is 0 Å². The second-order valence-electron chi connectivity index (χ2n) is 5.30. The van der Waals surface area contributed by atoms with Gasteiger partial charge in [-0.2, -0.15) is 4.37 Å². The van der Waals surface area contributed by atoms with Crippen LogP contribution < -0.4 is 10.6 Å². The van der Waals surface area contributed by atoms with E-state index in [4.69, 9.17) is 5.73 Å². The number of amides is 1. The summed E-state index contributed by atoms with van der Waals surface area (Å²) in [6.07, 6.45) is 0. The SMILES string of the molecule is Cc1nsc(N2CCN(C(=O)c3ccc(CN)cc3)CC2)n1.Cl. The van der Waals surface area contributed by atoms with Crippen molar-refractivity contribution in [3.63, 3.8) is 0 Å². The number of halogens is 1. The highest BCUT2D eigenvalue weighted by Gasteiger charge is 2.23. The topological polar surface area (TPSA) is 75.4 Å². The van der Waals surface area contributed by atoms with Crippen LogP contribution in [-0.4, -0.2) is 46.3 Å². The fourth-order valence-electron chi connectivity index (χ4n) is 2.48. The fourth-order valence-corrected chi connectivity index (χ4v) is 3.21. The molecule has 0 atom stereocenters. The molecule has 8 heteroatoms. The van der Waals surface area contributed by atoms with E-state index in [1.165, 1.54) is 11.5 Å². The molecule has 1 aromatic carbocycles. The van der Waals surface area contributed by atoms with Crippen LogP contribution in [0.2, 0.25) is 0 Å². The van der Waals surface area contributed by atoms with Crippen LogP contribution in [0, 0.1) is 6.92 Å². The molecule has 124 valence electrons. The summed E-state index contributed by atoms with van der Waals surface area (Å²) < 4.78 is 4.21. The van der Waals surface area contributed by atoms with Gasteiger partial charge in [0.15, 0.2) is 0 Å². The first-order valence-electron chi connectivity index (χ1n) is 7.31. The lowest BCUT2D eigenvalue weighted by molar-refractivity contribution is 0.0746. The Morgan fingerprint density at radius 2 is 1.87 bits per heavy atom. The van der Waals surface area contributed by atoms with Crippen LogP contribution in [0.25, 0.3) is 0 Å². The minimum Gasteiger partial charge on any atom is -0.343 e. The van der Waals surface area contributed by atoms with Crippen molar-refractivity contribution in [3.8, 4) is 0 Å². The van der Waals surface area contributed by atoms with Gasteiger partial charge in [0.2, 0.25) is 5.13 Å². The predicted molar refractivity (Wildman–Crippen MR) is 94.3 cm³/mol. The first-order chi connectivity index (χ1) is 10.7. The monoisotopic (exact) mass is 353 g/mol. The molecule has 23 heavy (non-hydrogen) atoms. The van der Waals surface area contributed by atoms with E-state index in [2.05, 4.69) is 14.3 Å². The van der Waals surface area contributed by atoms with E-state index < -0.39 is 0 Å². The number of carbonyl (C=O) groups is 1. The Kier molecular flexibility index (Phi) is 5.92. The summed E-state index contributed by atoms with van der Waals surface area (Å²) in [4.78, 5) is 21.0. The van der Waals surface area contributed by atoms with E-state index in [-0.39, 0.29) is 18.3 Å². The third kappa shape index (κ3) is 3.99. The second kappa shape index (κ2) is 7.72. The predicted octanol–water partition coefficient (Wildman–Crippen LogP) is 1.69. The second-order valence-corrected chi connectivity index (χ2v) is 6.03. The van der Waals surface area contributed by atoms with E-state index >= 15 is 0 Å². The molecule has 0 aliphatic carbocycles. The van der Waals surface area contributed by atoms with E-state index in [1.54, 1.807) is 0 Å². The number of piperazine rings is 1. The van der Waals surface area contributed by atoms with Crippen LogP contribution in [0.15, 0.2) is 24.3 Å². The molecular formula is C15H20ClN5OS. The largest absolute Gasteiger partial charge is 0.343 e. The highest BCUT2D eigenvalue weighted by Crippen LogP contribution is 2.19.